The third-order valence-corrected chi connectivity index (χ3v) is 3.75. The van der Waals surface area contributed by atoms with Gasteiger partial charge in [0.25, 0.3) is 0 Å². The summed E-state index contributed by atoms with van der Waals surface area (Å²) < 4.78 is 10.6. The Hall–Kier alpha value is -3.06. The standard InChI is InChI=1S/C20H25N3O4/c1-15-7-5-9-17(13-15)23(11-12-26-4)20(25)27-18-10-6-8-16(14-18)21-19(24)22(2)3/h5-10,13-14H,11-12H2,1-4H3,(H,21,24). The van der Waals surface area contributed by atoms with Crippen molar-refractivity contribution in [3.05, 3.63) is 54.1 Å². The van der Waals surface area contributed by atoms with Gasteiger partial charge < -0.3 is 19.7 Å². The van der Waals surface area contributed by atoms with Gasteiger partial charge in [-0.1, -0.05) is 18.2 Å². The quantitative estimate of drug-likeness (QED) is 0.840. The minimum absolute atomic E-state index is 0.264. The van der Waals surface area contributed by atoms with Crippen LogP contribution in [0.2, 0.25) is 0 Å². The number of carbonyl (C=O) groups excluding carboxylic acids is 2. The highest BCUT2D eigenvalue weighted by Crippen LogP contribution is 2.21. The molecule has 3 amide bonds. The van der Waals surface area contributed by atoms with Gasteiger partial charge in [-0.3, -0.25) is 4.90 Å². The number of amides is 3. The number of nitrogens with one attached hydrogen (secondary N) is 1. The Morgan fingerprint density at radius 1 is 1.07 bits per heavy atom. The summed E-state index contributed by atoms with van der Waals surface area (Å²) in [6.07, 6.45) is -0.520. The summed E-state index contributed by atoms with van der Waals surface area (Å²) in [4.78, 5) is 27.4. The molecule has 0 bridgehead atoms. The molecule has 0 aliphatic carbocycles. The smallest absolute Gasteiger partial charge is 0.410 e. The van der Waals surface area contributed by atoms with Gasteiger partial charge in [0.05, 0.1) is 13.2 Å². The van der Waals surface area contributed by atoms with E-state index in [1.165, 1.54) is 9.80 Å². The van der Waals surface area contributed by atoms with Crippen LogP contribution in [0.3, 0.4) is 0 Å². The molecule has 0 unspecified atom stereocenters. The highest BCUT2D eigenvalue weighted by atomic mass is 16.6. The monoisotopic (exact) mass is 371 g/mol. The molecule has 0 radical (unpaired) electrons. The molecule has 0 heterocycles. The van der Waals surface area contributed by atoms with Crippen molar-refractivity contribution in [2.75, 3.05) is 44.6 Å². The molecule has 0 fully saturated rings. The highest BCUT2D eigenvalue weighted by molar-refractivity contribution is 5.91. The number of hydrogen-bond acceptors (Lipinski definition) is 4. The molecule has 1 N–H and O–H groups in total. The third-order valence-electron chi connectivity index (χ3n) is 3.75. The minimum Gasteiger partial charge on any atom is -0.410 e. The Labute approximate surface area is 159 Å². The molecule has 2 aromatic carbocycles. The number of nitrogens with zero attached hydrogens (tertiary/aromatic N) is 2. The molecule has 0 spiro atoms. The lowest BCUT2D eigenvalue weighted by molar-refractivity contribution is 0.189. The Balaban J connectivity index is 2.15. The summed E-state index contributed by atoms with van der Waals surface area (Å²) in [5.41, 5.74) is 2.31. The fraction of sp³-hybridized carbons (Fsp3) is 0.300. The summed E-state index contributed by atoms with van der Waals surface area (Å²) in [6, 6.07) is 14.0. The maximum Gasteiger partial charge on any atom is 0.419 e. The number of anilines is 2. The lowest BCUT2D eigenvalue weighted by atomic mass is 10.2. The second-order valence-electron chi connectivity index (χ2n) is 6.20. The molecule has 0 aliphatic rings. The molecule has 0 atom stereocenters. The fourth-order valence-corrected chi connectivity index (χ4v) is 2.33. The maximum absolute atomic E-state index is 12.7. The van der Waals surface area contributed by atoms with Crippen LogP contribution >= 0.6 is 0 Å². The van der Waals surface area contributed by atoms with E-state index in [1.54, 1.807) is 45.5 Å². The molecule has 0 aliphatic heterocycles. The fourth-order valence-electron chi connectivity index (χ4n) is 2.33. The average Bonchev–Trinajstić information content (AvgIpc) is 2.62. The van der Waals surface area contributed by atoms with E-state index in [9.17, 15) is 9.59 Å². The number of carbonyl (C=O) groups is 2. The average molecular weight is 371 g/mol. The lowest BCUT2D eigenvalue weighted by Crippen LogP contribution is -2.36. The molecule has 0 saturated carbocycles. The Morgan fingerprint density at radius 2 is 1.81 bits per heavy atom. The molecule has 0 aromatic heterocycles. The summed E-state index contributed by atoms with van der Waals surface area (Å²) in [5.74, 6) is 0.339. The van der Waals surface area contributed by atoms with Crippen LogP contribution in [0.4, 0.5) is 21.0 Å². The van der Waals surface area contributed by atoms with E-state index >= 15 is 0 Å². The molecule has 2 aromatic rings. The van der Waals surface area contributed by atoms with Gasteiger partial charge in [-0.2, -0.15) is 0 Å². The first-order chi connectivity index (χ1) is 12.9. The molecular weight excluding hydrogens is 346 g/mol. The summed E-state index contributed by atoms with van der Waals surface area (Å²) in [5, 5.41) is 2.72. The van der Waals surface area contributed by atoms with Crippen molar-refractivity contribution in [3.8, 4) is 5.75 Å². The molecule has 27 heavy (non-hydrogen) atoms. The van der Waals surface area contributed by atoms with E-state index in [0.29, 0.717) is 24.6 Å². The number of aryl methyl sites for hydroxylation is 1. The summed E-state index contributed by atoms with van der Waals surface area (Å²) in [6.45, 7) is 2.69. The zero-order valence-corrected chi connectivity index (χ0v) is 16.1. The maximum atomic E-state index is 12.7. The Bertz CT molecular complexity index is 792. The number of ether oxygens (including phenoxy) is 2. The first kappa shape index (κ1) is 20.3. The van der Waals surface area contributed by atoms with Gasteiger partial charge in [-0.15, -0.1) is 0 Å². The second kappa shape index (κ2) is 9.59. The van der Waals surface area contributed by atoms with Crippen LogP contribution in [-0.2, 0) is 4.74 Å². The van der Waals surface area contributed by atoms with E-state index in [1.807, 2.05) is 31.2 Å². The zero-order chi connectivity index (χ0) is 19.8. The van der Waals surface area contributed by atoms with Crippen LogP contribution in [-0.4, -0.2) is 51.4 Å². The predicted molar refractivity (Wildman–Crippen MR) is 106 cm³/mol. The van der Waals surface area contributed by atoms with Crippen LogP contribution < -0.4 is 15.0 Å². The molecule has 2 rings (SSSR count). The molecule has 144 valence electrons. The summed E-state index contributed by atoms with van der Waals surface area (Å²) >= 11 is 0. The first-order valence-corrected chi connectivity index (χ1v) is 8.54. The van der Waals surface area contributed by atoms with E-state index in [-0.39, 0.29) is 6.03 Å². The van der Waals surface area contributed by atoms with Crippen molar-refractivity contribution in [1.82, 2.24) is 4.90 Å². The van der Waals surface area contributed by atoms with Gasteiger partial charge in [0.1, 0.15) is 5.75 Å². The van der Waals surface area contributed by atoms with E-state index < -0.39 is 6.09 Å². The van der Waals surface area contributed by atoms with Gasteiger partial charge in [0.2, 0.25) is 0 Å². The van der Waals surface area contributed by atoms with Gasteiger partial charge in [0.15, 0.2) is 0 Å². The van der Waals surface area contributed by atoms with Gasteiger partial charge in [-0.25, -0.2) is 9.59 Å². The highest BCUT2D eigenvalue weighted by Gasteiger charge is 2.18. The van der Waals surface area contributed by atoms with Crippen LogP contribution in [0.25, 0.3) is 0 Å². The predicted octanol–water partition coefficient (Wildman–Crippen LogP) is 3.74. The van der Waals surface area contributed by atoms with Crippen molar-refractivity contribution >= 4 is 23.5 Å². The molecular formula is C20H25N3O4. The number of rotatable bonds is 6. The SMILES string of the molecule is COCCN(C(=O)Oc1cccc(NC(=O)N(C)C)c1)c1cccc(C)c1. The molecule has 0 saturated heterocycles. The number of benzene rings is 2. The lowest BCUT2D eigenvalue weighted by Gasteiger charge is -2.22. The van der Waals surface area contributed by atoms with Crippen molar-refractivity contribution in [2.24, 2.45) is 0 Å². The molecule has 7 heteroatoms. The van der Waals surface area contributed by atoms with Crippen LogP contribution in [0.1, 0.15) is 5.56 Å². The largest absolute Gasteiger partial charge is 0.419 e. The normalized spacial score (nSPS) is 10.2. The van der Waals surface area contributed by atoms with Gasteiger partial charge >= 0.3 is 12.1 Å². The third kappa shape index (κ3) is 6.00. The van der Waals surface area contributed by atoms with Crippen molar-refractivity contribution in [1.29, 1.82) is 0 Å². The van der Waals surface area contributed by atoms with Crippen molar-refractivity contribution in [3.63, 3.8) is 0 Å². The van der Waals surface area contributed by atoms with E-state index in [0.717, 1.165) is 11.3 Å². The number of hydrogen-bond donors (Lipinski definition) is 1. The van der Waals surface area contributed by atoms with Crippen molar-refractivity contribution in [2.45, 2.75) is 6.92 Å². The molecule has 7 nitrogen and oxygen atoms in total. The first-order valence-electron chi connectivity index (χ1n) is 8.54. The minimum atomic E-state index is -0.520. The second-order valence-corrected chi connectivity index (χ2v) is 6.20. The Morgan fingerprint density at radius 3 is 2.48 bits per heavy atom. The number of methoxy groups -OCH3 is 1. The van der Waals surface area contributed by atoms with Crippen LogP contribution in [0.5, 0.6) is 5.75 Å². The van der Waals surface area contributed by atoms with Crippen molar-refractivity contribution < 1.29 is 19.1 Å². The van der Waals surface area contributed by atoms with E-state index in [4.69, 9.17) is 9.47 Å². The van der Waals surface area contributed by atoms with Crippen LogP contribution in [0.15, 0.2) is 48.5 Å². The summed E-state index contributed by atoms with van der Waals surface area (Å²) in [7, 11) is 4.88. The van der Waals surface area contributed by atoms with Crippen LogP contribution in [0, 0.1) is 6.92 Å². The van der Waals surface area contributed by atoms with Gasteiger partial charge in [0, 0.05) is 38.6 Å². The number of urea groups is 1. The Kier molecular flexibility index (Phi) is 7.19. The zero-order valence-electron chi connectivity index (χ0n) is 16.1. The van der Waals surface area contributed by atoms with E-state index in [2.05, 4.69) is 5.32 Å². The topological polar surface area (TPSA) is 71.1 Å². The van der Waals surface area contributed by atoms with Gasteiger partial charge in [-0.05, 0) is 36.8 Å².